The van der Waals surface area contributed by atoms with Crippen LogP contribution in [0, 0.1) is 11.6 Å². The summed E-state index contributed by atoms with van der Waals surface area (Å²) < 4.78 is 33.4. The number of morpholine rings is 1. The van der Waals surface area contributed by atoms with Crippen LogP contribution >= 0.6 is 24.0 Å². The second kappa shape index (κ2) is 9.60. The van der Waals surface area contributed by atoms with Crippen LogP contribution in [0.1, 0.15) is 45.8 Å². The molecule has 2 fully saturated rings. The minimum atomic E-state index is -1.24. The lowest BCUT2D eigenvalue weighted by atomic mass is 9.98. The SMILES string of the molecule is Cl.O=C(O)c1cc(C2CC2)c(CN2CCOC(Cc3ccc(F)cc3Cl)C2)cc1F. The van der Waals surface area contributed by atoms with E-state index < -0.39 is 11.8 Å². The van der Waals surface area contributed by atoms with E-state index in [1.807, 2.05) is 0 Å². The third-order valence-corrected chi connectivity index (χ3v) is 5.91. The summed E-state index contributed by atoms with van der Waals surface area (Å²) in [5.41, 5.74) is 2.35. The smallest absolute Gasteiger partial charge is 0.338 e. The molecule has 30 heavy (non-hydrogen) atoms. The van der Waals surface area contributed by atoms with Gasteiger partial charge in [-0.2, -0.15) is 0 Å². The number of carboxylic acids is 1. The van der Waals surface area contributed by atoms with Crippen LogP contribution < -0.4 is 0 Å². The Hall–Kier alpha value is -1.73. The Balaban J connectivity index is 0.00000256. The van der Waals surface area contributed by atoms with Gasteiger partial charge in [0.25, 0.3) is 0 Å². The first-order valence-electron chi connectivity index (χ1n) is 9.74. The molecule has 1 saturated heterocycles. The number of hydrogen-bond acceptors (Lipinski definition) is 3. The minimum Gasteiger partial charge on any atom is -0.478 e. The summed E-state index contributed by atoms with van der Waals surface area (Å²) in [6.45, 7) is 2.43. The summed E-state index contributed by atoms with van der Waals surface area (Å²) in [4.78, 5) is 13.5. The second-order valence-corrected chi connectivity index (χ2v) is 8.19. The highest BCUT2D eigenvalue weighted by Gasteiger charge is 2.30. The Morgan fingerprint density at radius 2 is 1.97 bits per heavy atom. The number of halogens is 4. The Morgan fingerprint density at radius 3 is 2.63 bits per heavy atom. The zero-order chi connectivity index (χ0) is 20.5. The van der Waals surface area contributed by atoms with Gasteiger partial charge in [0.05, 0.1) is 18.3 Å². The maximum absolute atomic E-state index is 14.3. The Labute approximate surface area is 185 Å². The van der Waals surface area contributed by atoms with Crippen molar-refractivity contribution in [3.63, 3.8) is 0 Å². The standard InChI is InChI=1S/C22H22ClF2NO3.ClH/c23-20-9-16(24)4-3-14(20)7-17-12-26(5-6-29-17)11-15-8-21(25)19(22(27)28)10-18(15)13-1-2-13;/h3-4,8-10,13,17H,1-2,5-7,11-12H2,(H,27,28);1H. The molecule has 2 aromatic carbocycles. The van der Waals surface area contributed by atoms with Crippen molar-refractivity contribution in [1.29, 1.82) is 0 Å². The lowest BCUT2D eigenvalue weighted by Gasteiger charge is -2.33. The fourth-order valence-corrected chi connectivity index (χ4v) is 4.17. The van der Waals surface area contributed by atoms with E-state index >= 15 is 0 Å². The molecule has 1 aliphatic heterocycles. The monoisotopic (exact) mass is 457 g/mol. The molecule has 2 aliphatic rings. The Kier molecular flexibility index (Phi) is 7.34. The number of nitrogens with zero attached hydrogens (tertiary/aromatic N) is 1. The van der Waals surface area contributed by atoms with E-state index in [1.54, 1.807) is 6.07 Å². The summed E-state index contributed by atoms with van der Waals surface area (Å²) in [6.07, 6.45) is 2.48. The first kappa shape index (κ1) is 22.9. The molecule has 1 aliphatic carbocycles. The third kappa shape index (κ3) is 5.30. The first-order valence-corrected chi connectivity index (χ1v) is 10.1. The Bertz CT molecular complexity index is 937. The normalized spacial score (nSPS) is 19.4. The van der Waals surface area contributed by atoms with Crippen molar-refractivity contribution in [3.8, 4) is 0 Å². The molecule has 1 atom stereocenters. The molecule has 0 bridgehead atoms. The number of aromatic carboxylic acids is 1. The van der Waals surface area contributed by atoms with Gasteiger partial charge in [-0.15, -0.1) is 12.4 Å². The van der Waals surface area contributed by atoms with Crippen LogP contribution in [0.2, 0.25) is 5.02 Å². The summed E-state index contributed by atoms with van der Waals surface area (Å²) >= 11 is 6.14. The molecule has 0 radical (unpaired) electrons. The molecule has 1 unspecified atom stereocenters. The largest absolute Gasteiger partial charge is 0.478 e. The fourth-order valence-electron chi connectivity index (χ4n) is 3.93. The maximum Gasteiger partial charge on any atom is 0.338 e. The minimum absolute atomic E-state index is 0. The highest BCUT2D eigenvalue weighted by atomic mass is 35.5. The van der Waals surface area contributed by atoms with Gasteiger partial charge >= 0.3 is 5.97 Å². The summed E-state index contributed by atoms with van der Waals surface area (Å²) in [6, 6.07) is 7.23. The van der Waals surface area contributed by atoms with Gasteiger partial charge in [0.1, 0.15) is 11.6 Å². The van der Waals surface area contributed by atoms with Crippen LogP contribution in [0.15, 0.2) is 30.3 Å². The van der Waals surface area contributed by atoms with Gasteiger partial charge in [-0.3, -0.25) is 4.90 Å². The van der Waals surface area contributed by atoms with Crippen LogP contribution in [0.5, 0.6) is 0 Å². The van der Waals surface area contributed by atoms with Crippen LogP contribution in [0.4, 0.5) is 8.78 Å². The van der Waals surface area contributed by atoms with Crippen molar-refractivity contribution in [2.75, 3.05) is 19.7 Å². The molecule has 8 heteroatoms. The van der Waals surface area contributed by atoms with Gasteiger partial charge < -0.3 is 9.84 Å². The number of hydrogen-bond donors (Lipinski definition) is 1. The van der Waals surface area contributed by atoms with Gasteiger partial charge in [-0.25, -0.2) is 13.6 Å². The van der Waals surface area contributed by atoms with Gasteiger partial charge in [0.2, 0.25) is 0 Å². The Morgan fingerprint density at radius 1 is 1.20 bits per heavy atom. The van der Waals surface area contributed by atoms with Gasteiger partial charge in [-0.05, 0) is 59.7 Å². The van der Waals surface area contributed by atoms with Crippen molar-refractivity contribution in [1.82, 2.24) is 4.90 Å². The lowest BCUT2D eigenvalue weighted by Crippen LogP contribution is -2.43. The van der Waals surface area contributed by atoms with Gasteiger partial charge in [-0.1, -0.05) is 17.7 Å². The number of carboxylic acid groups (broad SMARTS) is 1. The number of carbonyl (C=O) groups is 1. The zero-order valence-electron chi connectivity index (χ0n) is 16.2. The molecule has 4 rings (SSSR count). The van der Waals surface area contributed by atoms with E-state index in [2.05, 4.69) is 4.90 Å². The predicted octanol–water partition coefficient (Wildman–Crippen LogP) is 5.06. The van der Waals surface area contributed by atoms with E-state index in [0.29, 0.717) is 43.6 Å². The molecule has 2 aromatic rings. The van der Waals surface area contributed by atoms with E-state index in [0.717, 1.165) is 29.5 Å². The average Bonchev–Trinajstić information content (AvgIpc) is 3.49. The van der Waals surface area contributed by atoms with E-state index in [1.165, 1.54) is 24.3 Å². The molecule has 162 valence electrons. The van der Waals surface area contributed by atoms with Crippen molar-refractivity contribution < 1.29 is 23.4 Å². The zero-order valence-corrected chi connectivity index (χ0v) is 17.8. The number of benzene rings is 2. The average molecular weight is 458 g/mol. The predicted molar refractivity (Wildman–Crippen MR) is 113 cm³/mol. The maximum atomic E-state index is 14.3. The van der Waals surface area contributed by atoms with Crippen LogP contribution in [0.25, 0.3) is 0 Å². The van der Waals surface area contributed by atoms with E-state index in [9.17, 15) is 18.7 Å². The quantitative estimate of drug-likeness (QED) is 0.658. The molecular weight excluding hydrogens is 435 g/mol. The lowest BCUT2D eigenvalue weighted by molar-refractivity contribution is -0.0305. The molecule has 0 aromatic heterocycles. The highest BCUT2D eigenvalue weighted by Crippen LogP contribution is 2.42. The van der Waals surface area contributed by atoms with Gasteiger partial charge in [0, 0.05) is 31.1 Å². The van der Waals surface area contributed by atoms with E-state index in [-0.39, 0.29) is 29.9 Å². The molecule has 4 nitrogen and oxygen atoms in total. The van der Waals surface area contributed by atoms with Crippen LogP contribution in [-0.2, 0) is 17.7 Å². The highest BCUT2D eigenvalue weighted by molar-refractivity contribution is 6.31. The molecule has 0 spiro atoms. The molecule has 1 N–H and O–H groups in total. The summed E-state index contributed by atoms with van der Waals surface area (Å²) in [5.74, 6) is -1.98. The molecule has 1 heterocycles. The summed E-state index contributed by atoms with van der Waals surface area (Å²) in [7, 11) is 0. The van der Waals surface area contributed by atoms with Crippen molar-refractivity contribution in [3.05, 3.63) is 69.2 Å². The van der Waals surface area contributed by atoms with Gasteiger partial charge in [0.15, 0.2) is 0 Å². The van der Waals surface area contributed by atoms with Crippen LogP contribution in [-0.4, -0.2) is 41.8 Å². The van der Waals surface area contributed by atoms with Crippen molar-refractivity contribution >= 4 is 30.0 Å². The van der Waals surface area contributed by atoms with Crippen molar-refractivity contribution in [2.24, 2.45) is 0 Å². The second-order valence-electron chi connectivity index (χ2n) is 7.78. The fraction of sp³-hybridized carbons (Fsp3) is 0.409. The van der Waals surface area contributed by atoms with Crippen molar-refractivity contribution in [2.45, 2.75) is 37.8 Å². The molecular formula is C22H23Cl2F2NO3. The molecule has 0 amide bonds. The third-order valence-electron chi connectivity index (χ3n) is 5.56. The topological polar surface area (TPSA) is 49.8 Å². The first-order chi connectivity index (χ1) is 13.9. The number of ether oxygens (including phenoxy) is 1. The summed E-state index contributed by atoms with van der Waals surface area (Å²) in [5, 5.41) is 9.60. The van der Waals surface area contributed by atoms with E-state index in [4.69, 9.17) is 16.3 Å². The van der Waals surface area contributed by atoms with Crippen LogP contribution in [0.3, 0.4) is 0 Å². The molecule has 1 saturated carbocycles. The number of rotatable bonds is 6.